The summed E-state index contributed by atoms with van der Waals surface area (Å²) in [6.07, 6.45) is 4.92. The Kier molecular flexibility index (Phi) is 10.3. The van der Waals surface area contributed by atoms with E-state index in [1.165, 1.54) is 0 Å². The summed E-state index contributed by atoms with van der Waals surface area (Å²) in [5.41, 5.74) is 0. The number of hydrogen-bond donors (Lipinski definition) is 0. The Morgan fingerprint density at radius 2 is 2.00 bits per heavy atom. The van der Waals surface area contributed by atoms with Gasteiger partial charge >= 0.3 is 0 Å². The third-order valence-electron chi connectivity index (χ3n) is 4.01. The van der Waals surface area contributed by atoms with Crippen molar-refractivity contribution < 1.29 is 14.3 Å². The molecule has 2 atom stereocenters. The highest BCUT2D eigenvalue weighted by molar-refractivity contribution is 6.30. The highest BCUT2D eigenvalue weighted by Crippen LogP contribution is 2.19. The predicted molar refractivity (Wildman–Crippen MR) is 93.3 cm³/mol. The molecule has 132 valence electrons. The first kappa shape index (κ1) is 20.3. The fourth-order valence-electron chi connectivity index (χ4n) is 2.58. The molecule has 1 fully saturated rings. The largest absolute Gasteiger partial charge is 0.351 e. The molecule has 1 heterocycles. The van der Waals surface area contributed by atoms with Gasteiger partial charge in [-0.05, 0) is 33.1 Å². The van der Waals surface area contributed by atoms with Crippen LogP contribution in [0.1, 0.15) is 59.3 Å². The van der Waals surface area contributed by atoms with Crippen molar-refractivity contribution in [3.8, 4) is 11.8 Å². The van der Waals surface area contributed by atoms with Crippen LogP contribution >= 0.6 is 11.6 Å². The van der Waals surface area contributed by atoms with E-state index >= 15 is 0 Å². The van der Waals surface area contributed by atoms with E-state index in [0.717, 1.165) is 25.7 Å². The summed E-state index contributed by atoms with van der Waals surface area (Å²) in [5.74, 6) is 5.85. The van der Waals surface area contributed by atoms with E-state index in [9.17, 15) is 4.79 Å². The zero-order valence-corrected chi connectivity index (χ0v) is 15.4. The molecular weight excluding hydrogens is 314 g/mol. The molecule has 0 bridgehead atoms. The van der Waals surface area contributed by atoms with Gasteiger partial charge in [0.2, 0.25) is 5.91 Å². The quantitative estimate of drug-likeness (QED) is 0.499. The highest BCUT2D eigenvalue weighted by Gasteiger charge is 2.32. The molecule has 1 saturated heterocycles. The van der Waals surface area contributed by atoms with Crippen LogP contribution in [0.25, 0.3) is 0 Å². The molecule has 1 aliphatic heterocycles. The summed E-state index contributed by atoms with van der Waals surface area (Å²) in [7, 11) is 0. The fraction of sp³-hybridized carbons (Fsp3) is 0.833. The standard InChI is InChI=1S/C18H30ClNO3/c1-4-6-8-12-20(17(21)16(19)11-7-5-2)15(3)18-22-13-9-10-14-23-18/h15-16,18H,5,7-14H2,1-3H3. The predicted octanol–water partition coefficient (Wildman–Crippen LogP) is 3.57. The molecule has 1 aliphatic rings. The van der Waals surface area contributed by atoms with Crippen LogP contribution in [0.2, 0.25) is 0 Å². The number of halogens is 1. The maximum absolute atomic E-state index is 12.7. The lowest BCUT2D eigenvalue weighted by Crippen LogP contribution is -2.50. The van der Waals surface area contributed by atoms with Crippen LogP contribution in [-0.4, -0.2) is 48.3 Å². The normalized spacial score (nSPS) is 18.4. The molecule has 0 N–H and O–H groups in total. The molecular formula is C18H30ClNO3. The maximum atomic E-state index is 12.7. The van der Waals surface area contributed by atoms with Gasteiger partial charge < -0.3 is 14.4 Å². The molecule has 1 amide bonds. The van der Waals surface area contributed by atoms with Crippen molar-refractivity contribution in [1.29, 1.82) is 0 Å². The monoisotopic (exact) mass is 343 g/mol. The minimum atomic E-state index is -0.488. The number of carbonyl (C=O) groups excluding carboxylic acids is 1. The second-order valence-electron chi connectivity index (χ2n) is 5.88. The van der Waals surface area contributed by atoms with Crippen LogP contribution in [0.3, 0.4) is 0 Å². The number of rotatable bonds is 8. The number of unbranched alkanes of at least 4 members (excludes halogenated alkanes) is 1. The molecule has 0 aliphatic carbocycles. The number of carbonyl (C=O) groups is 1. The molecule has 0 aromatic rings. The maximum Gasteiger partial charge on any atom is 0.241 e. The second kappa shape index (κ2) is 11.7. The van der Waals surface area contributed by atoms with Crippen molar-refractivity contribution in [2.24, 2.45) is 0 Å². The summed E-state index contributed by atoms with van der Waals surface area (Å²) in [6, 6.07) is -0.165. The van der Waals surface area contributed by atoms with E-state index in [-0.39, 0.29) is 18.2 Å². The average molecular weight is 344 g/mol. The zero-order chi connectivity index (χ0) is 17.1. The molecule has 0 aromatic heterocycles. The van der Waals surface area contributed by atoms with E-state index in [0.29, 0.717) is 32.6 Å². The van der Waals surface area contributed by atoms with E-state index in [4.69, 9.17) is 21.1 Å². The Morgan fingerprint density at radius 3 is 2.57 bits per heavy atom. The van der Waals surface area contributed by atoms with Crippen LogP contribution < -0.4 is 0 Å². The fourth-order valence-corrected chi connectivity index (χ4v) is 2.86. The Labute approximate surface area is 145 Å². The van der Waals surface area contributed by atoms with Crippen molar-refractivity contribution in [2.75, 3.05) is 19.8 Å². The molecule has 23 heavy (non-hydrogen) atoms. The Morgan fingerprint density at radius 1 is 1.35 bits per heavy atom. The van der Waals surface area contributed by atoms with Gasteiger partial charge in [-0.3, -0.25) is 4.79 Å². The summed E-state index contributed by atoms with van der Waals surface area (Å²) in [5, 5.41) is -0.488. The van der Waals surface area contributed by atoms with Gasteiger partial charge in [0.1, 0.15) is 5.38 Å². The van der Waals surface area contributed by atoms with Crippen LogP contribution in [-0.2, 0) is 14.3 Å². The molecule has 0 saturated carbocycles. The first-order valence-corrected chi connectivity index (χ1v) is 9.12. The smallest absolute Gasteiger partial charge is 0.241 e. The van der Waals surface area contributed by atoms with Gasteiger partial charge in [-0.2, -0.15) is 0 Å². The summed E-state index contributed by atoms with van der Waals surface area (Å²) in [4.78, 5) is 14.5. The summed E-state index contributed by atoms with van der Waals surface area (Å²) in [6.45, 7) is 7.77. The number of alkyl halides is 1. The Hall–Kier alpha value is -0.760. The molecule has 2 unspecified atom stereocenters. The van der Waals surface area contributed by atoms with E-state index in [2.05, 4.69) is 18.8 Å². The number of amides is 1. The number of ether oxygens (including phenoxy) is 2. The molecule has 5 heteroatoms. The number of nitrogens with zero attached hydrogens (tertiary/aromatic N) is 1. The summed E-state index contributed by atoms with van der Waals surface area (Å²) >= 11 is 6.32. The SMILES string of the molecule is CC#CCCN(C(=O)C(Cl)CCCC)C(C)C1OCCCCO1. The van der Waals surface area contributed by atoms with Gasteiger partial charge in [0.15, 0.2) is 6.29 Å². The Balaban J connectivity index is 2.75. The van der Waals surface area contributed by atoms with Crippen LogP contribution in [0.4, 0.5) is 0 Å². The van der Waals surface area contributed by atoms with Crippen molar-refractivity contribution in [3.05, 3.63) is 0 Å². The first-order chi connectivity index (χ1) is 11.1. The van der Waals surface area contributed by atoms with E-state index in [1.54, 1.807) is 11.8 Å². The van der Waals surface area contributed by atoms with Gasteiger partial charge in [-0.25, -0.2) is 0 Å². The third-order valence-corrected chi connectivity index (χ3v) is 4.41. The molecule has 0 aromatic carbocycles. The minimum absolute atomic E-state index is 0.0398. The van der Waals surface area contributed by atoms with Gasteiger partial charge in [0.05, 0.1) is 6.04 Å². The first-order valence-electron chi connectivity index (χ1n) is 8.69. The second-order valence-corrected chi connectivity index (χ2v) is 6.40. The highest BCUT2D eigenvalue weighted by atomic mass is 35.5. The number of hydrogen-bond acceptors (Lipinski definition) is 3. The lowest BCUT2D eigenvalue weighted by atomic mass is 10.1. The summed E-state index contributed by atoms with van der Waals surface area (Å²) < 4.78 is 11.5. The molecule has 4 nitrogen and oxygen atoms in total. The zero-order valence-electron chi connectivity index (χ0n) is 14.6. The van der Waals surface area contributed by atoms with Gasteiger partial charge in [0.25, 0.3) is 0 Å². The van der Waals surface area contributed by atoms with Gasteiger partial charge in [0, 0.05) is 26.2 Å². The van der Waals surface area contributed by atoms with Crippen LogP contribution in [0.5, 0.6) is 0 Å². The van der Waals surface area contributed by atoms with Crippen LogP contribution in [0, 0.1) is 11.8 Å². The van der Waals surface area contributed by atoms with E-state index < -0.39 is 5.38 Å². The Bertz CT molecular complexity index is 397. The van der Waals surface area contributed by atoms with Crippen LogP contribution in [0.15, 0.2) is 0 Å². The lowest BCUT2D eigenvalue weighted by molar-refractivity contribution is -0.171. The van der Waals surface area contributed by atoms with Crippen molar-refractivity contribution in [3.63, 3.8) is 0 Å². The third kappa shape index (κ3) is 7.12. The topological polar surface area (TPSA) is 38.8 Å². The van der Waals surface area contributed by atoms with Gasteiger partial charge in [-0.1, -0.05) is 19.8 Å². The van der Waals surface area contributed by atoms with Crippen molar-refractivity contribution >= 4 is 17.5 Å². The van der Waals surface area contributed by atoms with Crippen molar-refractivity contribution in [2.45, 2.75) is 77.0 Å². The molecule has 0 spiro atoms. The lowest BCUT2D eigenvalue weighted by Gasteiger charge is -2.34. The van der Waals surface area contributed by atoms with E-state index in [1.807, 2.05) is 6.92 Å². The minimum Gasteiger partial charge on any atom is -0.351 e. The molecule has 0 radical (unpaired) electrons. The average Bonchev–Trinajstić information content (AvgIpc) is 2.84. The van der Waals surface area contributed by atoms with Crippen molar-refractivity contribution in [1.82, 2.24) is 4.90 Å². The van der Waals surface area contributed by atoms with Gasteiger partial charge in [-0.15, -0.1) is 23.4 Å². The molecule has 1 rings (SSSR count).